The molecule has 1 N–H and O–H groups in total. The molecule has 1 unspecified atom stereocenters. The Hall–Kier alpha value is -2.70. The van der Waals surface area contributed by atoms with Crippen molar-refractivity contribution >= 4 is 11.8 Å². The van der Waals surface area contributed by atoms with Gasteiger partial charge in [0.05, 0.1) is 0 Å². The Morgan fingerprint density at radius 2 is 2.00 bits per heavy atom. The van der Waals surface area contributed by atoms with Gasteiger partial charge in [0.15, 0.2) is 0 Å². The summed E-state index contributed by atoms with van der Waals surface area (Å²) in [6.45, 7) is 7.35. The number of rotatable bonds is 4. The standard InChI is InChI=1S/C18H22N4O3/c1-12(17(24)22-10-9-18(2,3)11-22)19-15(23)14-20-16(25-21-14)13-7-5-4-6-8-13/h4-8,12H,9-11H2,1-3H3,(H,19,23). The molecule has 1 aliphatic heterocycles. The van der Waals surface area contributed by atoms with Crippen molar-refractivity contribution in [1.29, 1.82) is 0 Å². The number of aromatic nitrogens is 2. The lowest BCUT2D eigenvalue weighted by molar-refractivity contribution is -0.132. The van der Waals surface area contributed by atoms with Gasteiger partial charge in [0.1, 0.15) is 6.04 Å². The number of amides is 2. The fourth-order valence-corrected chi connectivity index (χ4v) is 2.91. The van der Waals surface area contributed by atoms with Gasteiger partial charge in [-0.15, -0.1) is 0 Å². The van der Waals surface area contributed by atoms with Gasteiger partial charge in [-0.25, -0.2) is 0 Å². The maximum absolute atomic E-state index is 12.5. The summed E-state index contributed by atoms with van der Waals surface area (Å²) in [5.74, 6) is -0.429. The van der Waals surface area contributed by atoms with E-state index >= 15 is 0 Å². The Kier molecular flexibility index (Phi) is 4.57. The molecule has 132 valence electrons. The topological polar surface area (TPSA) is 88.3 Å². The van der Waals surface area contributed by atoms with E-state index in [0.717, 1.165) is 12.0 Å². The van der Waals surface area contributed by atoms with Crippen molar-refractivity contribution < 1.29 is 14.1 Å². The number of hydrogen-bond acceptors (Lipinski definition) is 5. The van der Waals surface area contributed by atoms with Crippen molar-refractivity contribution in [3.8, 4) is 11.5 Å². The molecule has 3 rings (SSSR count). The summed E-state index contributed by atoms with van der Waals surface area (Å²) < 4.78 is 5.12. The van der Waals surface area contributed by atoms with Gasteiger partial charge < -0.3 is 14.7 Å². The minimum atomic E-state index is -0.639. The third-order valence-corrected chi connectivity index (χ3v) is 4.36. The molecule has 0 aliphatic carbocycles. The smallest absolute Gasteiger partial charge is 0.293 e. The van der Waals surface area contributed by atoms with Gasteiger partial charge in [-0.3, -0.25) is 9.59 Å². The number of likely N-dealkylation sites (tertiary alicyclic amines) is 1. The van der Waals surface area contributed by atoms with Crippen LogP contribution in [-0.2, 0) is 4.79 Å². The number of benzene rings is 1. The van der Waals surface area contributed by atoms with Gasteiger partial charge in [0.25, 0.3) is 17.6 Å². The van der Waals surface area contributed by atoms with E-state index in [4.69, 9.17) is 4.52 Å². The van der Waals surface area contributed by atoms with Crippen LogP contribution in [0.3, 0.4) is 0 Å². The molecule has 1 aromatic heterocycles. The lowest BCUT2D eigenvalue weighted by atomic mass is 9.93. The van der Waals surface area contributed by atoms with Crippen LogP contribution in [0, 0.1) is 5.41 Å². The van der Waals surface area contributed by atoms with Crippen molar-refractivity contribution in [2.45, 2.75) is 33.2 Å². The van der Waals surface area contributed by atoms with E-state index < -0.39 is 11.9 Å². The van der Waals surface area contributed by atoms with Crippen LogP contribution in [0.15, 0.2) is 34.9 Å². The first-order valence-corrected chi connectivity index (χ1v) is 8.34. The lowest BCUT2D eigenvalue weighted by Gasteiger charge is -2.23. The number of hydrogen-bond donors (Lipinski definition) is 1. The normalized spacial score (nSPS) is 17.3. The van der Waals surface area contributed by atoms with Crippen LogP contribution in [0.2, 0.25) is 0 Å². The number of carbonyl (C=O) groups excluding carboxylic acids is 2. The van der Waals surface area contributed by atoms with E-state index in [0.29, 0.717) is 13.1 Å². The van der Waals surface area contributed by atoms with E-state index in [2.05, 4.69) is 29.3 Å². The maximum atomic E-state index is 12.5. The van der Waals surface area contributed by atoms with Crippen LogP contribution >= 0.6 is 0 Å². The molecule has 2 heterocycles. The highest BCUT2D eigenvalue weighted by atomic mass is 16.5. The predicted molar refractivity (Wildman–Crippen MR) is 91.6 cm³/mol. The molecule has 0 spiro atoms. The summed E-state index contributed by atoms with van der Waals surface area (Å²) in [6.07, 6.45) is 0.963. The third kappa shape index (κ3) is 3.87. The molecule has 1 saturated heterocycles. The summed E-state index contributed by atoms with van der Waals surface area (Å²) in [6, 6.07) is 8.56. The maximum Gasteiger partial charge on any atom is 0.293 e. The first-order valence-electron chi connectivity index (χ1n) is 8.34. The van der Waals surface area contributed by atoms with Crippen molar-refractivity contribution in [3.05, 3.63) is 36.2 Å². The van der Waals surface area contributed by atoms with Gasteiger partial charge in [-0.1, -0.05) is 37.2 Å². The molecule has 7 heteroatoms. The van der Waals surface area contributed by atoms with E-state index in [1.807, 2.05) is 30.3 Å². The Morgan fingerprint density at radius 1 is 1.28 bits per heavy atom. The van der Waals surface area contributed by atoms with E-state index in [-0.39, 0.29) is 23.0 Å². The van der Waals surface area contributed by atoms with Crippen LogP contribution < -0.4 is 5.32 Å². The first kappa shape index (κ1) is 17.1. The molecule has 2 aromatic rings. The third-order valence-electron chi connectivity index (χ3n) is 4.36. The van der Waals surface area contributed by atoms with Crippen LogP contribution in [0.1, 0.15) is 37.8 Å². The summed E-state index contributed by atoms with van der Waals surface area (Å²) in [5.41, 5.74) is 0.856. The van der Waals surface area contributed by atoms with Gasteiger partial charge >= 0.3 is 0 Å². The Bertz CT molecular complexity index is 770. The van der Waals surface area contributed by atoms with Crippen molar-refractivity contribution in [2.75, 3.05) is 13.1 Å². The van der Waals surface area contributed by atoms with Crippen molar-refractivity contribution in [3.63, 3.8) is 0 Å². The zero-order chi connectivity index (χ0) is 18.0. The van der Waals surface area contributed by atoms with Gasteiger partial charge in [-0.2, -0.15) is 4.98 Å². The first-order chi connectivity index (χ1) is 11.9. The molecule has 1 aromatic carbocycles. The van der Waals surface area contributed by atoms with Gasteiger partial charge in [0, 0.05) is 18.7 Å². The Balaban J connectivity index is 1.62. The highest BCUT2D eigenvalue weighted by molar-refractivity contribution is 5.94. The van der Waals surface area contributed by atoms with E-state index in [9.17, 15) is 9.59 Å². The molecule has 1 atom stereocenters. The minimum Gasteiger partial charge on any atom is -0.340 e. The number of carbonyl (C=O) groups is 2. The molecule has 2 amide bonds. The second kappa shape index (κ2) is 6.66. The van der Waals surface area contributed by atoms with Crippen molar-refractivity contribution in [1.82, 2.24) is 20.4 Å². The van der Waals surface area contributed by atoms with Crippen LogP contribution in [0.25, 0.3) is 11.5 Å². The van der Waals surface area contributed by atoms with Gasteiger partial charge in [-0.05, 0) is 30.9 Å². The molecular weight excluding hydrogens is 320 g/mol. The van der Waals surface area contributed by atoms with Crippen LogP contribution in [-0.4, -0.2) is 46.0 Å². The fraction of sp³-hybridized carbons (Fsp3) is 0.444. The average Bonchev–Trinajstić information content (AvgIpc) is 3.21. The lowest BCUT2D eigenvalue weighted by Crippen LogP contribution is -2.46. The molecule has 7 nitrogen and oxygen atoms in total. The second-order valence-corrected chi connectivity index (χ2v) is 7.16. The number of nitrogens with zero attached hydrogens (tertiary/aromatic N) is 3. The Labute approximate surface area is 146 Å². The van der Waals surface area contributed by atoms with E-state index in [1.165, 1.54) is 0 Å². The summed E-state index contributed by atoms with van der Waals surface area (Å²) in [4.78, 5) is 30.6. The monoisotopic (exact) mass is 342 g/mol. The van der Waals surface area contributed by atoms with Crippen LogP contribution in [0.5, 0.6) is 0 Å². The Morgan fingerprint density at radius 3 is 2.64 bits per heavy atom. The highest BCUT2D eigenvalue weighted by Gasteiger charge is 2.34. The largest absolute Gasteiger partial charge is 0.340 e. The van der Waals surface area contributed by atoms with Gasteiger partial charge in [0.2, 0.25) is 5.91 Å². The summed E-state index contributed by atoms with van der Waals surface area (Å²) >= 11 is 0. The zero-order valence-corrected chi connectivity index (χ0v) is 14.7. The van der Waals surface area contributed by atoms with Crippen LogP contribution in [0.4, 0.5) is 0 Å². The molecule has 0 radical (unpaired) electrons. The zero-order valence-electron chi connectivity index (χ0n) is 14.7. The predicted octanol–water partition coefficient (Wildman–Crippen LogP) is 2.11. The molecule has 1 fully saturated rings. The fourth-order valence-electron chi connectivity index (χ4n) is 2.91. The highest BCUT2D eigenvalue weighted by Crippen LogP contribution is 2.29. The SMILES string of the molecule is CC(NC(=O)c1noc(-c2ccccc2)n1)C(=O)N1CCC(C)(C)C1. The molecule has 25 heavy (non-hydrogen) atoms. The summed E-state index contributed by atoms with van der Waals surface area (Å²) in [5, 5.41) is 6.35. The molecule has 1 aliphatic rings. The molecular formula is C18H22N4O3. The number of nitrogens with one attached hydrogen (secondary N) is 1. The minimum absolute atomic E-state index is 0.0831. The second-order valence-electron chi connectivity index (χ2n) is 7.16. The van der Waals surface area contributed by atoms with Crippen molar-refractivity contribution in [2.24, 2.45) is 5.41 Å². The molecule has 0 bridgehead atoms. The quantitative estimate of drug-likeness (QED) is 0.919. The van der Waals surface area contributed by atoms with E-state index in [1.54, 1.807) is 11.8 Å². The average molecular weight is 342 g/mol. The summed E-state index contributed by atoms with van der Waals surface area (Å²) in [7, 11) is 0. The molecule has 0 saturated carbocycles.